The van der Waals surface area contributed by atoms with E-state index in [1.807, 2.05) is 29.2 Å². The molecule has 1 amide bonds. The first-order valence-corrected chi connectivity index (χ1v) is 7.43. The number of amides is 1. The lowest BCUT2D eigenvalue weighted by Crippen LogP contribution is -2.38. The molecule has 0 aliphatic carbocycles. The number of nitrogens with zero attached hydrogens (tertiary/aromatic N) is 1. The summed E-state index contributed by atoms with van der Waals surface area (Å²) in [6, 6.07) is 7.51. The largest absolute Gasteiger partial charge is 0.490 e. The van der Waals surface area contributed by atoms with Gasteiger partial charge >= 0.3 is 0 Å². The lowest BCUT2D eigenvalue weighted by molar-refractivity contribution is -0.134. The molecule has 0 spiro atoms. The molecule has 1 aromatic carbocycles. The van der Waals surface area contributed by atoms with Crippen LogP contribution in [0.2, 0.25) is 0 Å². The quantitative estimate of drug-likeness (QED) is 0.802. The van der Waals surface area contributed by atoms with E-state index in [0.717, 1.165) is 32.4 Å². The summed E-state index contributed by atoms with van der Waals surface area (Å²) in [6.07, 6.45) is 4.36. The van der Waals surface area contributed by atoms with Gasteiger partial charge in [0.05, 0.1) is 6.61 Å². The van der Waals surface area contributed by atoms with Gasteiger partial charge in [-0.05, 0) is 37.8 Å². The summed E-state index contributed by atoms with van der Waals surface area (Å²) in [5.41, 5.74) is 0. The molecule has 4 nitrogen and oxygen atoms in total. The van der Waals surface area contributed by atoms with Crippen LogP contribution in [0, 0.1) is 0 Å². The Morgan fingerprint density at radius 3 is 2.40 bits per heavy atom. The number of likely N-dealkylation sites (tertiary alicyclic amines) is 1. The summed E-state index contributed by atoms with van der Waals surface area (Å²) in [6.45, 7) is 4.52. The van der Waals surface area contributed by atoms with Crippen LogP contribution < -0.4 is 9.47 Å². The SMILES string of the molecule is CCCOc1ccccc1OCC(=O)N1CCCCC1. The molecule has 4 heteroatoms. The summed E-state index contributed by atoms with van der Waals surface area (Å²) >= 11 is 0. The lowest BCUT2D eigenvalue weighted by Gasteiger charge is -2.26. The number of hydrogen-bond acceptors (Lipinski definition) is 3. The second-order valence-electron chi connectivity index (χ2n) is 5.03. The number of ether oxygens (including phenoxy) is 2. The molecule has 2 rings (SSSR count). The number of hydrogen-bond donors (Lipinski definition) is 0. The monoisotopic (exact) mass is 277 g/mol. The van der Waals surface area contributed by atoms with Crippen LogP contribution in [-0.4, -0.2) is 37.1 Å². The van der Waals surface area contributed by atoms with E-state index in [-0.39, 0.29) is 12.5 Å². The van der Waals surface area contributed by atoms with E-state index in [1.165, 1.54) is 6.42 Å². The van der Waals surface area contributed by atoms with Gasteiger partial charge in [-0.3, -0.25) is 4.79 Å². The van der Waals surface area contributed by atoms with Crippen molar-refractivity contribution in [1.82, 2.24) is 4.90 Å². The van der Waals surface area contributed by atoms with Crippen molar-refractivity contribution in [1.29, 1.82) is 0 Å². The van der Waals surface area contributed by atoms with Crippen LogP contribution in [0.3, 0.4) is 0 Å². The lowest BCUT2D eigenvalue weighted by atomic mass is 10.1. The highest BCUT2D eigenvalue weighted by Crippen LogP contribution is 2.26. The van der Waals surface area contributed by atoms with Gasteiger partial charge in [0.25, 0.3) is 5.91 Å². The van der Waals surface area contributed by atoms with Crippen molar-refractivity contribution < 1.29 is 14.3 Å². The van der Waals surface area contributed by atoms with Gasteiger partial charge in [-0.1, -0.05) is 19.1 Å². The molecule has 0 radical (unpaired) electrons. The zero-order valence-electron chi connectivity index (χ0n) is 12.1. The second kappa shape index (κ2) is 7.78. The number of carbonyl (C=O) groups excluding carboxylic acids is 1. The van der Waals surface area contributed by atoms with Crippen LogP contribution in [0.4, 0.5) is 0 Å². The summed E-state index contributed by atoms with van der Waals surface area (Å²) in [5, 5.41) is 0. The normalized spacial score (nSPS) is 14.9. The Hall–Kier alpha value is -1.71. The maximum atomic E-state index is 12.1. The van der Waals surface area contributed by atoms with Crippen molar-refractivity contribution in [2.45, 2.75) is 32.6 Å². The second-order valence-corrected chi connectivity index (χ2v) is 5.03. The van der Waals surface area contributed by atoms with Crippen LogP contribution in [0.25, 0.3) is 0 Å². The van der Waals surface area contributed by atoms with Crippen molar-refractivity contribution in [2.24, 2.45) is 0 Å². The molecule has 0 aromatic heterocycles. The highest BCUT2D eigenvalue weighted by atomic mass is 16.5. The Kier molecular flexibility index (Phi) is 5.71. The van der Waals surface area contributed by atoms with Gasteiger partial charge in [0.15, 0.2) is 18.1 Å². The van der Waals surface area contributed by atoms with E-state index in [4.69, 9.17) is 9.47 Å². The fourth-order valence-electron chi connectivity index (χ4n) is 2.27. The fourth-order valence-corrected chi connectivity index (χ4v) is 2.27. The third-order valence-electron chi connectivity index (χ3n) is 3.37. The number of carbonyl (C=O) groups is 1. The van der Waals surface area contributed by atoms with Gasteiger partial charge < -0.3 is 14.4 Å². The fraction of sp³-hybridized carbons (Fsp3) is 0.562. The first-order chi connectivity index (χ1) is 9.81. The van der Waals surface area contributed by atoms with Crippen LogP contribution in [-0.2, 0) is 4.79 Å². The van der Waals surface area contributed by atoms with Gasteiger partial charge in [-0.15, -0.1) is 0 Å². The van der Waals surface area contributed by atoms with Crippen molar-refractivity contribution in [3.05, 3.63) is 24.3 Å². The Bertz CT molecular complexity index is 427. The molecule has 1 heterocycles. The molecule has 110 valence electrons. The molecular weight excluding hydrogens is 254 g/mol. The highest BCUT2D eigenvalue weighted by Gasteiger charge is 2.17. The van der Waals surface area contributed by atoms with Crippen molar-refractivity contribution in [2.75, 3.05) is 26.3 Å². The van der Waals surface area contributed by atoms with Crippen LogP contribution in [0.1, 0.15) is 32.6 Å². The van der Waals surface area contributed by atoms with Gasteiger partial charge in [0, 0.05) is 13.1 Å². The van der Waals surface area contributed by atoms with E-state index < -0.39 is 0 Å². The molecule has 1 fully saturated rings. The van der Waals surface area contributed by atoms with Gasteiger partial charge in [-0.25, -0.2) is 0 Å². The minimum Gasteiger partial charge on any atom is -0.490 e. The standard InChI is InChI=1S/C16H23NO3/c1-2-12-19-14-8-4-5-9-15(14)20-13-16(18)17-10-6-3-7-11-17/h4-5,8-9H,2-3,6-7,10-13H2,1H3. The van der Waals surface area contributed by atoms with Gasteiger partial charge in [0.1, 0.15) is 0 Å². The number of benzene rings is 1. The maximum Gasteiger partial charge on any atom is 0.260 e. The van der Waals surface area contributed by atoms with Crippen LogP contribution >= 0.6 is 0 Å². The molecule has 1 aliphatic rings. The average Bonchev–Trinajstić information content (AvgIpc) is 2.52. The van der Waals surface area contributed by atoms with Gasteiger partial charge in [0.2, 0.25) is 0 Å². The predicted octanol–water partition coefficient (Wildman–Crippen LogP) is 2.87. The Morgan fingerprint density at radius 2 is 1.75 bits per heavy atom. The van der Waals surface area contributed by atoms with Crippen molar-refractivity contribution in [3.63, 3.8) is 0 Å². The Morgan fingerprint density at radius 1 is 1.10 bits per heavy atom. The molecule has 0 unspecified atom stereocenters. The van der Waals surface area contributed by atoms with E-state index in [0.29, 0.717) is 18.1 Å². The third-order valence-corrected chi connectivity index (χ3v) is 3.37. The maximum absolute atomic E-state index is 12.1. The summed E-state index contributed by atoms with van der Waals surface area (Å²) in [7, 11) is 0. The number of para-hydroxylation sites is 2. The molecule has 1 aromatic rings. The Labute approximate surface area is 120 Å². The first-order valence-electron chi connectivity index (χ1n) is 7.43. The number of rotatable bonds is 6. The van der Waals surface area contributed by atoms with Gasteiger partial charge in [-0.2, -0.15) is 0 Å². The Balaban J connectivity index is 1.87. The smallest absolute Gasteiger partial charge is 0.260 e. The molecule has 20 heavy (non-hydrogen) atoms. The van der Waals surface area contributed by atoms with E-state index >= 15 is 0 Å². The topological polar surface area (TPSA) is 38.8 Å². The molecule has 1 aliphatic heterocycles. The molecule has 0 atom stereocenters. The molecular formula is C16H23NO3. The summed E-state index contributed by atoms with van der Waals surface area (Å²) in [5.74, 6) is 1.42. The van der Waals surface area contributed by atoms with E-state index in [9.17, 15) is 4.79 Å². The van der Waals surface area contributed by atoms with Crippen LogP contribution in [0.5, 0.6) is 11.5 Å². The zero-order chi connectivity index (χ0) is 14.2. The molecule has 0 saturated carbocycles. The first kappa shape index (κ1) is 14.7. The van der Waals surface area contributed by atoms with E-state index in [2.05, 4.69) is 6.92 Å². The van der Waals surface area contributed by atoms with E-state index in [1.54, 1.807) is 0 Å². The highest BCUT2D eigenvalue weighted by molar-refractivity contribution is 5.77. The van der Waals surface area contributed by atoms with Crippen LogP contribution in [0.15, 0.2) is 24.3 Å². The molecule has 1 saturated heterocycles. The third kappa shape index (κ3) is 4.15. The predicted molar refractivity (Wildman–Crippen MR) is 78.2 cm³/mol. The summed E-state index contributed by atoms with van der Waals surface area (Å²) < 4.78 is 11.2. The zero-order valence-corrected chi connectivity index (χ0v) is 12.1. The molecule has 0 bridgehead atoms. The number of piperidine rings is 1. The average molecular weight is 277 g/mol. The minimum atomic E-state index is 0.0648. The van der Waals surface area contributed by atoms with Crippen molar-refractivity contribution >= 4 is 5.91 Å². The minimum absolute atomic E-state index is 0.0648. The van der Waals surface area contributed by atoms with Crippen molar-refractivity contribution in [3.8, 4) is 11.5 Å². The summed E-state index contributed by atoms with van der Waals surface area (Å²) in [4.78, 5) is 13.9. The molecule has 0 N–H and O–H groups in total.